The molecule has 0 saturated carbocycles. The number of anilines is 3. The summed E-state index contributed by atoms with van der Waals surface area (Å²) in [5, 5.41) is 10.4. The molecule has 2 saturated heterocycles. The zero-order chi connectivity index (χ0) is 22.5. The monoisotopic (exact) mass is 462 g/mol. The fourth-order valence-electron chi connectivity index (χ4n) is 4.73. The van der Waals surface area contributed by atoms with Crippen molar-refractivity contribution in [1.82, 2.24) is 19.8 Å². The van der Waals surface area contributed by atoms with Crippen molar-refractivity contribution in [3.63, 3.8) is 0 Å². The van der Waals surface area contributed by atoms with Gasteiger partial charge in [-0.25, -0.2) is 9.97 Å². The first-order valence-electron chi connectivity index (χ1n) is 11.7. The van der Waals surface area contributed by atoms with E-state index in [0.29, 0.717) is 18.5 Å². The number of carbonyl (C=O) groups is 1. The number of rotatable bonds is 7. The number of hydrogen-bond acceptors (Lipinski definition) is 7. The summed E-state index contributed by atoms with van der Waals surface area (Å²) in [6.45, 7) is 4.93. The molecular weight excluding hydrogens is 432 g/mol. The Balaban J connectivity index is 1.11. The van der Waals surface area contributed by atoms with Crippen LogP contribution in [0.15, 0.2) is 53.5 Å². The third kappa shape index (κ3) is 5.76. The van der Waals surface area contributed by atoms with Crippen LogP contribution in [0, 0.1) is 0 Å². The molecule has 0 bridgehead atoms. The van der Waals surface area contributed by atoms with Crippen molar-refractivity contribution in [1.29, 1.82) is 0 Å². The van der Waals surface area contributed by atoms with E-state index in [1.807, 2.05) is 42.0 Å². The Bertz CT molecular complexity index is 1040. The van der Waals surface area contributed by atoms with E-state index in [1.54, 1.807) is 11.3 Å². The van der Waals surface area contributed by atoms with Crippen molar-refractivity contribution in [2.45, 2.75) is 31.7 Å². The number of thiophene rings is 1. The molecule has 33 heavy (non-hydrogen) atoms. The molecule has 2 aliphatic rings. The van der Waals surface area contributed by atoms with Gasteiger partial charge >= 0.3 is 0 Å². The number of hydrogen-bond donors (Lipinski definition) is 2. The fraction of sp³-hybridized carbons (Fsp3) is 0.400. The van der Waals surface area contributed by atoms with Crippen molar-refractivity contribution in [3.8, 4) is 11.1 Å². The van der Waals surface area contributed by atoms with Crippen LogP contribution in [0.25, 0.3) is 11.1 Å². The molecule has 1 amide bonds. The van der Waals surface area contributed by atoms with E-state index >= 15 is 0 Å². The normalized spacial score (nSPS) is 17.8. The van der Waals surface area contributed by atoms with Crippen LogP contribution in [-0.4, -0.2) is 64.4 Å². The largest absolute Gasteiger partial charge is 0.325 e. The highest BCUT2D eigenvalue weighted by Gasteiger charge is 2.27. The Hall–Kier alpha value is -2.81. The standard InChI is InChI=1S/C25H30N6OS/c32-24(17-30-11-6-23(7-12-30)31-9-1-2-10-31)28-21-4-3-5-22(14-21)29-25-26-15-20(16-27-25)19-8-13-33-18-19/h3-5,8,13-16,18,23H,1-2,6-7,9-12,17H2,(H,28,32)(H,26,27,29). The second-order valence-corrected chi connectivity index (χ2v) is 9.59. The highest BCUT2D eigenvalue weighted by molar-refractivity contribution is 7.08. The maximum absolute atomic E-state index is 12.6. The van der Waals surface area contributed by atoms with Crippen molar-refractivity contribution >= 4 is 34.6 Å². The Kier molecular flexibility index (Phi) is 6.95. The molecule has 0 radical (unpaired) electrons. The van der Waals surface area contributed by atoms with Crippen LogP contribution in [0.4, 0.5) is 17.3 Å². The zero-order valence-corrected chi connectivity index (χ0v) is 19.6. The molecule has 1 aromatic carbocycles. The maximum atomic E-state index is 12.6. The lowest BCUT2D eigenvalue weighted by atomic mass is 10.0. The van der Waals surface area contributed by atoms with Gasteiger partial charge in [0.1, 0.15) is 0 Å². The average molecular weight is 463 g/mol. The van der Waals surface area contributed by atoms with E-state index in [0.717, 1.165) is 48.4 Å². The molecule has 172 valence electrons. The Morgan fingerprint density at radius 2 is 1.76 bits per heavy atom. The molecular formula is C25H30N6OS. The van der Waals surface area contributed by atoms with Crippen molar-refractivity contribution < 1.29 is 4.79 Å². The zero-order valence-electron chi connectivity index (χ0n) is 18.7. The van der Waals surface area contributed by atoms with E-state index in [-0.39, 0.29) is 5.91 Å². The van der Waals surface area contributed by atoms with Gasteiger partial charge in [-0.15, -0.1) is 0 Å². The minimum absolute atomic E-state index is 0.0307. The molecule has 5 rings (SSSR count). The van der Waals surface area contributed by atoms with Gasteiger partial charge in [-0.2, -0.15) is 11.3 Å². The number of benzene rings is 1. The van der Waals surface area contributed by atoms with Gasteiger partial charge in [-0.3, -0.25) is 9.69 Å². The summed E-state index contributed by atoms with van der Waals surface area (Å²) in [5.41, 5.74) is 3.72. The van der Waals surface area contributed by atoms with Crippen molar-refractivity contribution in [3.05, 3.63) is 53.5 Å². The number of amides is 1. The van der Waals surface area contributed by atoms with E-state index in [9.17, 15) is 4.79 Å². The summed E-state index contributed by atoms with van der Waals surface area (Å²) >= 11 is 1.65. The quantitative estimate of drug-likeness (QED) is 0.541. The number of carbonyl (C=O) groups excluding carboxylic acids is 1. The molecule has 4 heterocycles. The minimum Gasteiger partial charge on any atom is -0.325 e. The summed E-state index contributed by atoms with van der Waals surface area (Å²) in [7, 11) is 0. The predicted molar refractivity (Wildman–Crippen MR) is 134 cm³/mol. The van der Waals surface area contributed by atoms with Gasteiger partial charge in [0.25, 0.3) is 0 Å². The average Bonchev–Trinajstić information content (AvgIpc) is 3.55. The van der Waals surface area contributed by atoms with Gasteiger partial charge in [0.05, 0.1) is 6.54 Å². The molecule has 0 spiro atoms. The van der Waals surface area contributed by atoms with Crippen LogP contribution < -0.4 is 10.6 Å². The number of likely N-dealkylation sites (tertiary alicyclic amines) is 2. The third-order valence-electron chi connectivity index (χ3n) is 6.49. The molecule has 3 aromatic rings. The molecule has 0 unspecified atom stereocenters. The summed E-state index contributed by atoms with van der Waals surface area (Å²) in [5.74, 6) is 0.557. The van der Waals surface area contributed by atoms with Gasteiger partial charge in [-0.05, 0) is 79.4 Å². The maximum Gasteiger partial charge on any atom is 0.238 e. The van der Waals surface area contributed by atoms with Gasteiger partial charge < -0.3 is 15.5 Å². The van der Waals surface area contributed by atoms with E-state index in [2.05, 4.69) is 41.8 Å². The lowest BCUT2D eigenvalue weighted by Gasteiger charge is -2.36. The summed E-state index contributed by atoms with van der Waals surface area (Å²) in [4.78, 5) is 26.4. The summed E-state index contributed by atoms with van der Waals surface area (Å²) in [6, 6.07) is 10.4. The predicted octanol–water partition coefficient (Wildman–Crippen LogP) is 4.45. The van der Waals surface area contributed by atoms with E-state index in [1.165, 1.54) is 25.9 Å². The molecule has 7 nitrogen and oxygen atoms in total. The Morgan fingerprint density at radius 3 is 2.48 bits per heavy atom. The molecule has 0 aliphatic carbocycles. The first-order valence-corrected chi connectivity index (χ1v) is 12.7. The van der Waals surface area contributed by atoms with Gasteiger partial charge in [-0.1, -0.05) is 6.07 Å². The second-order valence-electron chi connectivity index (χ2n) is 8.81. The molecule has 2 aromatic heterocycles. The first-order chi connectivity index (χ1) is 16.2. The molecule has 2 fully saturated rings. The van der Waals surface area contributed by atoms with Crippen molar-refractivity contribution in [2.24, 2.45) is 0 Å². The lowest BCUT2D eigenvalue weighted by molar-refractivity contribution is -0.117. The molecule has 2 N–H and O–H groups in total. The Labute approximate surface area is 198 Å². The van der Waals surface area contributed by atoms with Gasteiger partial charge in [0, 0.05) is 48.5 Å². The van der Waals surface area contributed by atoms with Gasteiger partial charge in [0.15, 0.2) is 0 Å². The van der Waals surface area contributed by atoms with E-state index in [4.69, 9.17) is 0 Å². The summed E-state index contributed by atoms with van der Waals surface area (Å²) < 4.78 is 0. The van der Waals surface area contributed by atoms with Crippen LogP contribution in [0.1, 0.15) is 25.7 Å². The number of nitrogens with one attached hydrogen (secondary N) is 2. The highest BCUT2D eigenvalue weighted by Crippen LogP contribution is 2.23. The minimum atomic E-state index is 0.0307. The Morgan fingerprint density at radius 1 is 1.00 bits per heavy atom. The third-order valence-corrected chi connectivity index (χ3v) is 7.17. The lowest BCUT2D eigenvalue weighted by Crippen LogP contribution is -2.45. The van der Waals surface area contributed by atoms with E-state index < -0.39 is 0 Å². The van der Waals surface area contributed by atoms with Crippen LogP contribution in [0.2, 0.25) is 0 Å². The van der Waals surface area contributed by atoms with Crippen LogP contribution in [0.3, 0.4) is 0 Å². The SMILES string of the molecule is O=C(CN1CCC(N2CCCC2)CC1)Nc1cccc(Nc2ncc(-c3ccsc3)cn2)c1. The fourth-order valence-corrected chi connectivity index (χ4v) is 5.39. The molecule has 0 atom stereocenters. The van der Waals surface area contributed by atoms with Crippen LogP contribution in [-0.2, 0) is 4.79 Å². The van der Waals surface area contributed by atoms with Crippen LogP contribution in [0.5, 0.6) is 0 Å². The number of nitrogens with zero attached hydrogens (tertiary/aromatic N) is 4. The summed E-state index contributed by atoms with van der Waals surface area (Å²) in [6.07, 6.45) is 8.63. The van der Waals surface area contributed by atoms with Crippen LogP contribution >= 0.6 is 11.3 Å². The number of aromatic nitrogens is 2. The van der Waals surface area contributed by atoms with Crippen molar-refractivity contribution in [2.75, 3.05) is 43.4 Å². The first kappa shape index (κ1) is 22.0. The highest BCUT2D eigenvalue weighted by atomic mass is 32.1. The molecule has 8 heteroatoms. The second kappa shape index (κ2) is 10.4. The smallest absolute Gasteiger partial charge is 0.238 e. The van der Waals surface area contributed by atoms with Gasteiger partial charge in [0.2, 0.25) is 11.9 Å². The number of piperidine rings is 1. The topological polar surface area (TPSA) is 73.4 Å². The molecule has 2 aliphatic heterocycles.